The van der Waals surface area contributed by atoms with Crippen molar-refractivity contribution in [1.29, 1.82) is 0 Å². The first-order valence-corrected chi connectivity index (χ1v) is 7.62. The average molecular weight is 328 g/mol. The number of carbonyl (C=O) groups excluding carboxylic acids is 1. The monoisotopic (exact) mass is 328 g/mol. The van der Waals surface area contributed by atoms with Crippen LogP contribution < -0.4 is 15.8 Å². The number of amides is 1. The van der Waals surface area contributed by atoms with Crippen LogP contribution in [0.4, 0.5) is 5.69 Å². The zero-order valence-corrected chi connectivity index (χ0v) is 13.2. The lowest BCUT2D eigenvalue weighted by molar-refractivity contribution is -0.121. The molecule has 0 aliphatic carbocycles. The van der Waals surface area contributed by atoms with Gasteiger partial charge in [0, 0.05) is 13.0 Å². The molecule has 0 aromatic heterocycles. The van der Waals surface area contributed by atoms with E-state index in [4.69, 9.17) is 15.6 Å². The van der Waals surface area contributed by atoms with Crippen LogP contribution in [0.15, 0.2) is 48.5 Å². The molecule has 24 heavy (non-hydrogen) atoms. The number of carboxylic acid groups (broad SMARTS) is 1. The molecule has 1 amide bonds. The van der Waals surface area contributed by atoms with Gasteiger partial charge in [0.05, 0.1) is 17.9 Å². The average Bonchev–Trinajstić information content (AvgIpc) is 2.58. The van der Waals surface area contributed by atoms with Crippen LogP contribution in [0.1, 0.15) is 28.8 Å². The van der Waals surface area contributed by atoms with Crippen LogP contribution in [0.3, 0.4) is 0 Å². The van der Waals surface area contributed by atoms with Gasteiger partial charge in [-0.05, 0) is 36.2 Å². The molecule has 4 N–H and O–H groups in total. The Balaban J connectivity index is 1.66. The topological polar surface area (TPSA) is 102 Å². The molecule has 2 aromatic rings. The molecule has 0 bridgehead atoms. The van der Waals surface area contributed by atoms with E-state index in [0.717, 1.165) is 5.56 Å². The van der Waals surface area contributed by atoms with Crippen molar-refractivity contribution >= 4 is 17.6 Å². The molecule has 0 saturated carbocycles. The summed E-state index contributed by atoms with van der Waals surface area (Å²) in [4.78, 5) is 22.5. The van der Waals surface area contributed by atoms with Gasteiger partial charge in [-0.1, -0.05) is 24.3 Å². The van der Waals surface area contributed by atoms with Crippen molar-refractivity contribution in [3.8, 4) is 5.75 Å². The number of nitrogens with one attached hydrogen (secondary N) is 1. The summed E-state index contributed by atoms with van der Waals surface area (Å²) in [5.74, 6) is -0.428. The van der Waals surface area contributed by atoms with E-state index >= 15 is 0 Å². The van der Waals surface area contributed by atoms with Crippen molar-refractivity contribution in [3.63, 3.8) is 0 Å². The highest BCUT2D eigenvalue weighted by Crippen LogP contribution is 2.19. The van der Waals surface area contributed by atoms with E-state index in [2.05, 4.69) is 5.32 Å². The summed E-state index contributed by atoms with van der Waals surface area (Å²) in [7, 11) is 0. The van der Waals surface area contributed by atoms with Crippen molar-refractivity contribution in [2.45, 2.75) is 19.4 Å². The molecule has 126 valence electrons. The van der Waals surface area contributed by atoms with E-state index in [-0.39, 0.29) is 11.5 Å². The van der Waals surface area contributed by atoms with Gasteiger partial charge in [-0.15, -0.1) is 0 Å². The number of nitrogens with two attached hydrogens (primary N) is 1. The van der Waals surface area contributed by atoms with Crippen LogP contribution in [-0.2, 0) is 11.3 Å². The van der Waals surface area contributed by atoms with Crippen LogP contribution in [-0.4, -0.2) is 23.6 Å². The van der Waals surface area contributed by atoms with Gasteiger partial charge in [-0.3, -0.25) is 4.79 Å². The van der Waals surface area contributed by atoms with Gasteiger partial charge in [0.1, 0.15) is 5.75 Å². The van der Waals surface area contributed by atoms with E-state index < -0.39 is 5.97 Å². The molecule has 0 unspecified atom stereocenters. The van der Waals surface area contributed by atoms with Gasteiger partial charge in [0.25, 0.3) is 0 Å². The fraction of sp³-hybridized carbons (Fsp3) is 0.222. The first-order valence-electron chi connectivity index (χ1n) is 7.62. The molecule has 0 fully saturated rings. The van der Waals surface area contributed by atoms with Gasteiger partial charge in [0.2, 0.25) is 5.91 Å². The molecule has 0 aliphatic rings. The van der Waals surface area contributed by atoms with Crippen LogP contribution in [0.5, 0.6) is 5.75 Å². The Morgan fingerprint density at radius 1 is 1.08 bits per heavy atom. The summed E-state index contributed by atoms with van der Waals surface area (Å²) in [5, 5.41) is 11.6. The molecular weight excluding hydrogens is 308 g/mol. The zero-order valence-electron chi connectivity index (χ0n) is 13.2. The van der Waals surface area contributed by atoms with E-state index in [1.165, 1.54) is 12.1 Å². The van der Waals surface area contributed by atoms with Crippen molar-refractivity contribution in [3.05, 3.63) is 59.7 Å². The maximum absolute atomic E-state index is 11.8. The third kappa shape index (κ3) is 5.31. The highest BCUT2D eigenvalue weighted by Gasteiger charge is 2.05. The number of nitrogen functional groups attached to an aromatic ring is 1. The van der Waals surface area contributed by atoms with E-state index in [1.54, 1.807) is 24.3 Å². The van der Waals surface area contributed by atoms with E-state index in [1.807, 2.05) is 12.1 Å². The number of rotatable bonds is 8. The lowest BCUT2D eigenvalue weighted by Crippen LogP contribution is -2.23. The highest BCUT2D eigenvalue weighted by molar-refractivity contribution is 5.87. The lowest BCUT2D eigenvalue weighted by Gasteiger charge is -2.09. The van der Waals surface area contributed by atoms with Gasteiger partial charge >= 0.3 is 5.97 Å². The predicted octanol–water partition coefficient (Wildman–Crippen LogP) is 2.44. The fourth-order valence-electron chi connectivity index (χ4n) is 2.08. The normalized spacial score (nSPS) is 10.2. The third-order valence-corrected chi connectivity index (χ3v) is 3.42. The number of aromatic carboxylic acids is 1. The zero-order chi connectivity index (χ0) is 17.4. The number of benzene rings is 2. The Labute approximate surface area is 140 Å². The third-order valence-electron chi connectivity index (χ3n) is 3.42. The SMILES string of the molecule is Nc1ccccc1OCCCC(=O)NCc1ccc(C(=O)O)cc1. The van der Waals surface area contributed by atoms with E-state index in [9.17, 15) is 9.59 Å². The molecule has 2 aromatic carbocycles. The predicted molar refractivity (Wildman–Crippen MR) is 90.8 cm³/mol. The minimum Gasteiger partial charge on any atom is -0.491 e. The summed E-state index contributed by atoms with van der Waals surface area (Å²) < 4.78 is 5.52. The maximum Gasteiger partial charge on any atom is 0.335 e. The number of carbonyl (C=O) groups is 2. The molecule has 6 heteroatoms. The summed E-state index contributed by atoms with van der Waals surface area (Å²) >= 11 is 0. The number of hydrogen-bond acceptors (Lipinski definition) is 4. The number of hydrogen-bond donors (Lipinski definition) is 3. The minimum absolute atomic E-state index is 0.0815. The van der Waals surface area contributed by atoms with Crippen molar-refractivity contribution in [2.24, 2.45) is 0 Å². The molecule has 6 nitrogen and oxygen atoms in total. The molecule has 0 radical (unpaired) electrons. The highest BCUT2D eigenvalue weighted by atomic mass is 16.5. The summed E-state index contributed by atoms with van der Waals surface area (Å²) in [6, 6.07) is 13.6. The Bertz CT molecular complexity index is 698. The minimum atomic E-state index is -0.968. The Morgan fingerprint density at radius 3 is 2.46 bits per heavy atom. The van der Waals surface area contributed by atoms with Crippen LogP contribution >= 0.6 is 0 Å². The number of carboxylic acids is 1. The molecular formula is C18H20N2O4. The summed E-state index contributed by atoms with van der Waals surface area (Å²) in [5.41, 5.74) is 7.41. The van der Waals surface area contributed by atoms with Crippen molar-refractivity contribution < 1.29 is 19.4 Å². The largest absolute Gasteiger partial charge is 0.491 e. The van der Waals surface area contributed by atoms with Gasteiger partial charge in [-0.25, -0.2) is 4.79 Å². The fourth-order valence-corrected chi connectivity index (χ4v) is 2.08. The quantitative estimate of drug-likeness (QED) is 0.510. The second kappa shape index (κ2) is 8.57. The maximum atomic E-state index is 11.8. The van der Waals surface area contributed by atoms with Crippen LogP contribution in [0.2, 0.25) is 0 Å². The van der Waals surface area contributed by atoms with Crippen LogP contribution in [0.25, 0.3) is 0 Å². The molecule has 0 spiro atoms. The molecule has 0 atom stereocenters. The summed E-state index contributed by atoms with van der Waals surface area (Å²) in [6.45, 7) is 0.778. The smallest absolute Gasteiger partial charge is 0.335 e. The van der Waals surface area contributed by atoms with Gasteiger partial charge < -0.3 is 20.9 Å². The molecule has 0 aliphatic heterocycles. The van der Waals surface area contributed by atoms with Crippen molar-refractivity contribution in [2.75, 3.05) is 12.3 Å². The first-order chi connectivity index (χ1) is 11.6. The Kier molecular flexibility index (Phi) is 6.19. The van der Waals surface area contributed by atoms with Gasteiger partial charge in [-0.2, -0.15) is 0 Å². The molecule has 0 saturated heterocycles. The molecule has 0 heterocycles. The standard InChI is InChI=1S/C18H20N2O4/c19-15-4-1-2-5-16(15)24-11-3-6-17(21)20-12-13-7-9-14(10-8-13)18(22)23/h1-2,4-5,7-10H,3,6,11-12,19H2,(H,20,21)(H,22,23). The second-order valence-electron chi connectivity index (χ2n) is 5.27. The number of anilines is 1. The van der Waals surface area contributed by atoms with Crippen molar-refractivity contribution in [1.82, 2.24) is 5.32 Å². The second-order valence-corrected chi connectivity index (χ2v) is 5.27. The van der Waals surface area contributed by atoms with Crippen LogP contribution in [0, 0.1) is 0 Å². The summed E-state index contributed by atoms with van der Waals surface area (Å²) in [6.07, 6.45) is 0.929. The Morgan fingerprint density at radius 2 is 1.79 bits per heavy atom. The molecule has 2 rings (SSSR count). The number of para-hydroxylation sites is 2. The Hall–Kier alpha value is -3.02. The van der Waals surface area contributed by atoms with Gasteiger partial charge in [0.15, 0.2) is 0 Å². The lowest BCUT2D eigenvalue weighted by atomic mass is 10.1. The first kappa shape index (κ1) is 17.3. The number of ether oxygens (including phenoxy) is 1. The van der Waals surface area contributed by atoms with E-state index in [0.29, 0.717) is 37.4 Å².